The molecule has 196 valence electrons. The molecule has 0 N–H and O–H groups in total. The second-order valence-electron chi connectivity index (χ2n) is 9.43. The number of hydrogen-bond acceptors (Lipinski definition) is 3. The molecular formula is C29H40F2N4O. The first-order valence-electron chi connectivity index (χ1n) is 13.4. The van der Waals surface area contributed by atoms with Gasteiger partial charge in [0.2, 0.25) is 0 Å². The molecule has 1 amide bonds. The zero-order valence-corrected chi connectivity index (χ0v) is 22.2. The van der Waals surface area contributed by atoms with Gasteiger partial charge in [-0.05, 0) is 68.2 Å². The molecule has 0 radical (unpaired) electrons. The Kier molecular flexibility index (Phi) is 10.4. The first-order valence-corrected chi connectivity index (χ1v) is 13.4. The zero-order valence-electron chi connectivity index (χ0n) is 22.2. The molecule has 36 heavy (non-hydrogen) atoms. The number of rotatable bonds is 14. The van der Waals surface area contributed by atoms with E-state index in [4.69, 9.17) is 4.98 Å². The fourth-order valence-electron chi connectivity index (χ4n) is 4.63. The molecule has 1 heterocycles. The van der Waals surface area contributed by atoms with E-state index in [1.165, 1.54) is 24.8 Å². The molecule has 0 saturated carbocycles. The van der Waals surface area contributed by atoms with Gasteiger partial charge < -0.3 is 9.47 Å². The molecule has 7 heteroatoms. The smallest absolute Gasteiger partial charge is 0.257 e. The lowest BCUT2D eigenvalue weighted by atomic mass is 10.1. The summed E-state index contributed by atoms with van der Waals surface area (Å²) >= 11 is 0. The summed E-state index contributed by atoms with van der Waals surface area (Å²) in [6, 6.07) is 9.43. The Labute approximate surface area is 214 Å². The Morgan fingerprint density at radius 2 is 1.72 bits per heavy atom. The summed E-state index contributed by atoms with van der Waals surface area (Å²) in [5.41, 5.74) is 2.91. The standard InChI is InChI=1S/C29H40F2N4O/c1-5-9-10-17-33(8-4)20-22-11-14-27-26(18-22)32-28(35(27)16-7-3)21-34(15-6-2)29(36)24-19-23(30)12-13-25(24)31/h11-14,18-19H,5-10,15-17,20-21H2,1-4H3. The van der Waals surface area contributed by atoms with Gasteiger partial charge in [0.25, 0.3) is 5.91 Å². The maximum Gasteiger partial charge on any atom is 0.257 e. The Morgan fingerprint density at radius 3 is 2.42 bits per heavy atom. The summed E-state index contributed by atoms with van der Waals surface area (Å²) in [5, 5.41) is 0. The second kappa shape index (κ2) is 13.5. The summed E-state index contributed by atoms with van der Waals surface area (Å²) in [6.07, 6.45) is 5.28. The molecule has 5 nitrogen and oxygen atoms in total. The monoisotopic (exact) mass is 498 g/mol. The number of aryl methyl sites for hydroxylation is 1. The number of carbonyl (C=O) groups is 1. The maximum atomic E-state index is 14.4. The molecule has 3 rings (SSSR count). The third-order valence-corrected chi connectivity index (χ3v) is 6.54. The summed E-state index contributed by atoms with van der Waals surface area (Å²) in [4.78, 5) is 22.1. The number of nitrogens with zero attached hydrogens (tertiary/aromatic N) is 4. The molecule has 0 saturated heterocycles. The lowest BCUT2D eigenvalue weighted by molar-refractivity contribution is 0.0732. The molecule has 0 aliphatic carbocycles. The van der Waals surface area contributed by atoms with Crippen molar-refractivity contribution in [2.75, 3.05) is 19.6 Å². The number of benzene rings is 2. The van der Waals surface area contributed by atoms with Crippen molar-refractivity contribution in [1.29, 1.82) is 0 Å². The van der Waals surface area contributed by atoms with Gasteiger partial charge in [0.15, 0.2) is 0 Å². The van der Waals surface area contributed by atoms with Crippen LogP contribution in [0.15, 0.2) is 36.4 Å². The second-order valence-corrected chi connectivity index (χ2v) is 9.43. The van der Waals surface area contributed by atoms with Crippen LogP contribution in [0.3, 0.4) is 0 Å². The van der Waals surface area contributed by atoms with Crippen molar-refractivity contribution in [1.82, 2.24) is 19.4 Å². The van der Waals surface area contributed by atoms with E-state index in [1.54, 1.807) is 4.90 Å². The van der Waals surface area contributed by atoms with Crippen LogP contribution in [0.2, 0.25) is 0 Å². The van der Waals surface area contributed by atoms with Crippen molar-refractivity contribution in [2.45, 2.75) is 79.4 Å². The number of aromatic nitrogens is 2. The number of carbonyl (C=O) groups excluding carboxylic acids is 1. The Bertz CT molecular complexity index is 1140. The highest BCUT2D eigenvalue weighted by atomic mass is 19.1. The van der Waals surface area contributed by atoms with Crippen LogP contribution >= 0.6 is 0 Å². The lowest BCUT2D eigenvalue weighted by Crippen LogP contribution is -2.33. The minimum atomic E-state index is -0.714. The van der Waals surface area contributed by atoms with Gasteiger partial charge >= 0.3 is 0 Å². The molecule has 0 aliphatic heterocycles. The average Bonchev–Trinajstić information content (AvgIpc) is 3.20. The Morgan fingerprint density at radius 1 is 0.917 bits per heavy atom. The largest absolute Gasteiger partial charge is 0.331 e. The van der Waals surface area contributed by atoms with Crippen LogP contribution < -0.4 is 0 Å². The highest BCUT2D eigenvalue weighted by Crippen LogP contribution is 2.22. The van der Waals surface area contributed by atoms with E-state index >= 15 is 0 Å². The van der Waals surface area contributed by atoms with Crippen molar-refractivity contribution < 1.29 is 13.6 Å². The van der Waals surface area contributed by atoms with Crippen molar-refractivity contribution in [3.8, 4) is 0 Å². The quantitative estimate of drug-likeness (QED) is 0.230. The van der Waals surface area contributed by atoms with Gasteiger partial charge in [0, 0.05) is 19.6 Å². The number of unbranched alkanes of at least 4 members (excludes halogenated alkanes) is 2. The topological polar surface area (TPSA) is 41.4 Å². The molecule has 0 atom stereocenters. The van der Waals surface area contributed by atoms with E-state index in [-0.39, 0.29) is 12.1 Å². The predicted octanol–water partition coefficient (Wildman–Crippen LogP) is 6.79. The van der Waals surface area contributed by atoms with Crippen molar-refractivity contribution in [3.63, 3.8) is 0 Å². The van der Waals surface area contributed by atoms with Gasteiger partial charge in [0.05, 0.1) is 23.1 Å². The molecule has 0 spiro atoms. The van der Waals surface area contributed by atoms with Crippen molar-refractivity contribution >= 4 is 16.9 Å². The maximum absolute atomic E-state index is 14.4. The fourth-order valence-corrected chi connectivity index (χ4v) is 4.63. The van der Waals surface area contributed by atoms with Gasteiger partial charge in [-0.3, -0.25) is 9.69 Å². The van der Waals surface area contributed by atoms with Crippen molar-refractivity contribution in [2.24, 2.45) is 0 Å². The number of hydrogen-bond donors (Lipinski definition) is 0. The third-order valence-electron chi connectivity index (χ3n) is 6.54. The molecule has 0 unspecified atom stereocenters. The first-order chi connectivity index (χ1) is 17.4. The molecule has 2 aromatic carbocycles. The molecule has 0 aliphatic rings. The minimum absolute atomic E-state index is 0.241. The van der Waals surface area contributed by atoms with Gasteiger partial charge in [-0.15, -0.1) is 0 Å². The lowest BCUT2D eigenvalue weighted by Gasteiger charge is -2.23. The molecule has 3 aromatic rings. The van der Waals surface area contributed by atoms with Gasteiger partial charge in [0.1, 0.15) is 17.5 Å². The first kappa shape index (κ1) is 27.8. The summed E-state index contributed by atoms with van der Waals surface area (Å²) in [7, 11) is 0. The Balaban J connectivity index is 1.89. The van der Waals surface area contributed by atoms with Crippen LogP contribution in [0.4, 0.5) is 8.78 Å². The number of fused-ring (bicyclic) bond motifs is 1. The molecule has 0 fully saturated rings. The summed E-state index contributed by atoms with van der Waals surface area (Å²) < 4.78 is 30.3. The molecular weight excluding hydrogens is 458 g/mol. The van der Waals surface area contributed by atoms with E-state index in [1.807, 2.05) is 6.92 Å². The molecule has 1 aromatic heterocycles. The van der Waals surface area contributed by atoms with Crippen LogP contribution in [0.5, 0.6) is 0 Å². The van der Waals surface area contributed by atoms with Crippen LogP contribution in [-0.4, -0.2) is 44.9 Å². The van der Waals surface area contributed by atoms with E-state index in [2.05, 4.69) is 48.4 Å². The van der Waals surface area contributed by atoms with Crippen LogP contribution in [-0.2, 0) is 19.6 Å². The number of imidazole rings is 1. The highest BCUT2D eigenvalue weighted by molar-refractivity contribution is 5.94. The zero-order chi connectivity index (χ0) is 26.1. The van der Waals surface area contributed by atoms with Crippen LogP contribution in [0.25, 0.3) is 11.0 Å². The highest BCUT2D eigenvalue weighted by Gasteiger charge is 2.22. The van der Waals surface area contributed by atoms with E-state index in [9.17, 15) is 13.6 Å². The van der Waals surface area contributed by atoms with Gasteiger partial charge in [-0.2, -0.15) is 0 Å². The number of amides is 1. The van der Waals surface area contributed by atoms with E-state index < -0.39 is 17.5 Å². The normalized spacial score (nSPS) is 11.5. The fraction of sp³-hybridized carbons (Fsp3) is 0.517. The number of halogens is 2. The molecule has 0 bridgehead atoms. The Hall–Kier alpha value is -2.80. The van der Waals surface area contributed by atoms with E-state index in [0.29, 0.717) is 13.0 Å². The average molecular weight is 499 g/mol. The summed E-state index contributed by atoms with van der Waals surface area (Å²) in [6.45, 7) is 12.9. The predicted molar refractivity (Wildman–Crippen MR) is 142 cm³/mol. The van der Waals surface area contributed by atoms with Crippen LogP contribution in [0.1, 0.15) is 81.5 Å². The van der Waals surface area contributed by atoms with Crippen LogP contribution in [0, 0.1) is 11.6 Å². The summed E-state index contributed by atoms with van der Waals surface area (Å²) in [5.74, 6) is -1.10. The van der Waals surface area contributed by atoms with E-state index in [0.717, 1.165) is 67.7 Å². The van der Waals surface area contributed by atoms with Gasteiger partial charge in [-0.25, -0.2) is 13.8 Å². The van der Waals surface area contributed by atoms with Gasteiger partial charge in [-0.1, -0.05) is 46.6 Å². The minimum Gasteiger partial charge on any atom is -0.331 e. The SMILES string of the molecule is CCCCCN(CC)Cc1ccc2c(c1)nc(CN(CCC)C(=O)c1cc(F)ccc1F)n2CCC. The third kappa shape index (κ3) is 6.90. The van der Waals surface area contributed by atoms with Crippen molar-refractivity contribution in [3.05, 3.63) is 65.0 Å².